The number of nitrogens with zero attached hydrogens (tertiary/aromatic N) is 1. The maximum atomic E-state index is 12.6. The Hall–Kier alpha value is -2.71. The van der Waals surface area contributed by atoms with Crippen molar-refractivity contribution in [3.8, 4) is 0 Å². The van der Waals surface area contributed by atoms with Gasteiger partial charge >= 0.3 is 11.9 Å². The van der Waals surface area contributed by atoms with Crippen LogP contribution in [0.3, 0.4) is 0 Å². The summed E-state index contributed by atoms with van der Waals surface area (Å²) in [5, 5.41) is 18.3. The van der Waals surface area contributed by atoms with Crippen molar-refractivity contribution >= 4 is 22.8 Å². The van der Waals surface area contributed by atoms with Gasteiger partial charge < -0.3 is 24.3 Å². The molecular weight excluding hydrogens is 378 g/mol. The topological polar surface area (TPSA) is 115 Å². The van der Waals surface area contributed by atoms with E-state index in [-0.39, 0.29) is 24.6 Å². The number of hydrogen-bond acceptors (Lipinski definition) is 5. The van der Waals surface area contributed by atoms with Crippen LogP contribution in [0, 0.1) is 0 Å². The van der Waals surface area contributed by atoms with E-state index in [9.17, 15) is 19.5 Å². The van der Waals surface area contributed by atoms with Crippen LogP contribution in [0.4, 0.5) is 0 Å². The van der Waals surface area contributed by atoms with Crippen LogP contribution in [-0.2, 0) is 20.7 Å². The smallest absolute Gasteiger partial charge is 0.341 e. The number of aromatic nitrogens is 1. The summed E-state index contributed by atoms with van der Waals surface area (Å²) in [6.07, 6.45) is 4.89. The zero-order chi connectivity index (χ0) is 20.8. The minimum atomic E-state index is -1.20. The average molecular weight is 403 g/mol. The number of carbonyl (C=O) groups is 2. The lowest BCUT2D eigenvalue weighted by Gasteiger charge is -2.12. The van der Waals surface area contributed by atoms with Gasteiger partial charge in [0.25, 0.3) is 0 Å². The van der Waals surface area contributed by atoms with Crippen molar-refractivity contribution in [3.63, 3.8) is 0 Å². The molecule has 3 rings (SSSR count). The van der Waals surface area contributed by atoms with Gasteiger partial charge in [-0.25, -0.2) is 4.79 Å². The molecular formula is C21H25NO7. The summed E-state index contributed by atoms with van der Waals surface area (Å²) in [6, 6.07) is 5.93. The number of carboxylic acids is 2. The van der Waals surface area contributed by atoms with Gasteiger partial charge in [0.05, 0.1) is 31.8 Å². The summed E-state index contributed by atoms with van der Waals surface area (Å²) in [4.78, 5) is 34.4. The van der Waals surface area contributed by atoms with Crippen molar-refractivity contribution in [3.05, 3.63) is 45.7 Å². The molecule has 0 bridgehead atoms. The Morgan fingerprint density at radius 2 is 1.79 bits per heavy atom. The molecule has 1 aliphatic carbocycles. The second kappa shape index (κ2) is 9.67. The molecule has 8 nitrogen and oxygen atoms in total. The van der Waals surface area contributed by atoms with E-state index in [1.807, 2.05) is 16.7 Å². The minimum absolute atomic E-state index is 0.0198. The van der Waals surface area contributed by atoms with Crippen LogP contribution in [0.15, 0.2) is 29.2 Å². The van der Waals surface area contributed by atoms with Crippen LogP contribution in [0.2, 0.25) is 0 Å². The molecule has 1 aromatic carbocycles. The van der Waals surface area contributed by atoms with Crippen molar-refractivity contribution in [1.82, 2.24) is 4.57 Å². The Labute approximate surface area is 167 Å². The molecule has 1 heterocycles. The third-order valence-electron chi connectivity index (χ3n) is 4.85. The van der Waals surface area contributed by atoms with E-state index in [4.69, 9.17) is 14.6 Å². The highest BCUT2D eigenvalue weighted by molar-refractivity contribution is 5.92. The molecule has 0 aliphatic heterocycles. The summed E-state index contributed by atoms with van der Waals surface area (Å²) in [6.45, 7) is 1.43. The lowest BCUT2D eigenvalue weighted by Crippen LogP contribution is -2.18. The Kier molecular flexibility index (Phi) is 7.00. The van der Waals surface area contributed by atoms with E-state index in [2.05, 4.69) is 0 Å². The molecule has 0 unspecified atom stereocenters. The lowest BCUT2D eigenvalue weighted by molar-refractivity contribution is -0.138. The van der Waals surface area contributed by atoms with Gasteiger partial charge in [0.2, 0.25) is 5.43 Å². The molecule has 0 radical (unpaired) electrons. The van der Waals surface area contributed by atoms with Crippen LogP contribution in [0.5, 0.6) is 0 Å². The number of aromatic carboxylic acids is 1. The van der Waals surface area contributed by atoms with E-state index in [1.54, 1.807) is 6.07 Å². The third-order valence-corrected chi connectivity index (χ3v) is 4.85. The van der Waals surface area contributed by atoms with Crippen molar-refractivity contribution in [1.29, 1.82) is 0 Å². The Morgan fingerprint density at radius 1 is 1.07 bits per heavy atom. The summed E-state index contributed by atoms with van der Waals surface area (Å²) >= 11 is 0. The fourth-order valence-electron chi connectivity index (χ4n) is 3.23. The molecule has 29 heavy (non-hydrogen) atoms. The van der Waals surface area contributed by atoms with Crippen molar-refractivity contribution in [2.45, 2.75) is 38.1 Å². The van der Waals surface area contributed by atoms with Gasteiger partial charge in [-0.2, -0.15) is 0 Å². The number of aryl methyl sites for hydroxylation is 1. The van der Waals surface area contributed by atoms with E-state index in [0.717, 1.165) is 30.3 Å². The van der Waals surface area contributed by atoms with Gasteiger partial charge in [0.1, 0.15) is 5.56 Å². The minimum Gasteiger partial charge on any atom is -0.481 e. The predicted molar refractivity (Wildman–Crippen MR) is 106 cm³/mol. The predicted octanol–water partition coefficient (Wildman–Crippen LogP) is 2.48. The first-order valence-electron chi connectivity index (χ1n) is 9.75. The largest absolute Gasteiger partial charge is 0.481 e. The van der Waals surface area contributed by atoms with Gasteiger partial charge in [-0.3, -0.25) is 9.59 Å². The third kappa shape index (κ3) is 5.65. The van der Waals surface area contributed by atoms with E-state index in [0.29, 0.717) is 31.6 Å². The molecule has 1 saturated carbocycles. The lowest BCUT2D eigenvalue weighted by atomic mass is 10.0. The SMILES string of the molecule is O=C(O)CCOCCOCCCc1ccc2c(c1)c(=O)c(C(=O)O)cn2C1CC1. The first kappa shape index (κ1) is 21.0. The number of fused-ring (bicyclic) bond motifs is 1. The summed E-state index contributed by atoms with van der Waals surface area (Å²) in [5.41, 5.74) is 1.11. The van der Waals surface area contributed by atoms with Crippen LogP contribution >= 0.6 is 0 Å². The van der Waals surface area contributed by atoms with Crippen molar-refractivity contribution in [2.24, 2.45) is 0 Å². The quantitative estimate of drug-likeness (QED) is 0.523. The van der Waals surface area contributed by atoms with Gasteiger partial charge in [-0.1, -0.05) is 6.07 Å². The Bertz CT molecular complexity index is 946. The summed E-state index contributed by atoms with van der Waals surface area (Å²) in [5.74, 6) is -2.09. The maximum absolute atomic E-state index is 12.6. The fraction of sp³-hybridized carbons (Fsp3) is 0.476. The standard InChI is InChI=1S/C21H25NO7/c23-19(24)7-9-29-11-10-28-8-1-2-14-3-6-18-16(12-14)20(25)17(21(26)27)13-22(18)15-4-5-15/h3,6,12-13,15H,1-2,4-5,7-11H2,(H,23,24)(H,26,27). The second-order valence-corrected chi connectivity index (χ2v) is 7.14. The zero-order valence-corrected chi connectivity index (χ0v) is 16.1. The number of pyridine rings is 1. The van der Waals surface area contributed by atoms with Crippen molar-refractivity contribution < 1.29 is 29.3 Å². The summed E-state index contributed by atoms with van der Waals surface area (Å²) in [7, 11) is 0. The van der Waals surface area contributed by atoms with Gasteiger partial charge in [-0.05, 0) is 43.4 Å². The Morgan fingerprint density at radius 3 is 2.45 bits per heavy atom. The molecule has 0 amide bonds. The zero-order valence-electron chi connectivity index (χ0n) is 16.1. The van der Waals surface area contributed by atoms with Gasteiger partial charge in [0, 0.05) is 24.2 Å². The highest BCUT2D eigenvalue weighted by Gasteiger charge is 2.26. The Balaban J connectivity index is 1.56. The molecule has 1 fully saturated rings. The first-order valence-corrected chi connectivity index (χ1v) is 9.75. The van der Waals surface area contributed by atoms with Crippen LogP contribution < -0.4 is 5.43 Å². The number of hydrogen-bond donors (Lipinski definition) is 2. The van der Waals surface area contributed by atoms with Crippen molar-refractivity contribution in [2.75, 3.05) is 26.4 Å². The normalized spacial score (nSPS) is 13.7. The second-order valence-electron chi connectivity index (χ2n) is 7.14. The average Bonchev–Trinajstić information content (AvgIpc) is 3.52. The van der Waals surface area contributed by atoms with Gasteiger partial charge in [0.15, 0.2) is 0 Å². The number of benzene rings is 1. The first-order chi connectivity index (χ1) is 14.0. The van der Waals surface area contributed by atoms with E-state index >= 15 is 0 Å². The molecule has 1 aromatic heterocycles. The highest BCUT2D eigenvalue weighted by Crippen LogP contribution is 2.37. The highest BCUT2D eigenvalue weighted by atomic mass is 16.5. The molecule has 8 heteroatoms. The van der Waals surface area contributed by atoms with E-state index in [1.165, 1.54) is 6.20 Å². The number of ether oxygens (including phenoxy) is 2. The molecule has 0 saturated heterocycles. The number of aliphatic carboxylic acids is 1. The molecule has 1 aliphatic rings. The van der Waals surface area contributed by atoms with Crippen LogP contribution in [-0.4, -0.2) is 53.1 Å². The molecule has 0 atom stereocenters. The van der Waals surface area contributed by atoms with Gasteiger partial charge in [-0.15, -0.1) is 0 Å². The fourth-order valence-corrected chi connectivity index (χ4v) is 3.23. The molecule has 2 aromatic rings. The number of carboxylic acid groups (broad SMARTS) is 2. The molecule has 0 spiro atoms. The molecule has 156 valence electrons. The summed E-state index contributed by atoms with van der Waals surface area (Å²) < 4.78 is 12.5. The molecule has 2 N–H and O–H groups in total. The number of rotatable bonds is 12. The van der Waals surface area contributed by atoms with E-state index < -0.39 is 17.4 Å². The van der Waals surface area contributed by atoms with Crippen LogP contribution in [0.25, 0.3) is 10.9 Å². The van der Waals surface area contributed by atoms with Crippen LogP contribution in [0.1, 0.15) is 47.6 Å². The monoisotopic (exact) mass is 403 g/mol. The maximum Gasteiger partial charge on any atom is 0.341 e.